The van der Waals surface area contributed by atoms with Crippen molar-refractivity contribution in [3.63, 3.8) is 0 Å². The van der Waals surface area contributed by atoms with Gasteiger partial charge in [0.15, 0.2) is 0 Å². The van der Waals surface area contributed by atoms with E-state index in [4.69, 9.17) is 0 Å². The molecule has 2 rings (SSSR count). The molecule has 0 spiro atoms. The predicted octanol–water partition coefficient (Wildman–Crippen LogP) is 4.57. The third kappa shape index (κ3) is 3.95. The molecule has 0 aromatic heterocycles. The second-order valence-electron chi connectivity index (χ2n) is 5.98. The lowest BCUT2D eigenvalue weighted by molar-refractivity contribution is 0.230. The summed E-state index contributed by atoms with van der Waals surface area (Å²) in [6.07, 6.45) is 3.48. The number of nitrogens with one attached hydrogen (secondary N) is 1. The summed E-state index contributed by atoms with van der Waals surface area (Å²) >= 11 is 3.23. The van der Waals surface area contributed by atoms with Crippen LogP contribution in [0.25, 0.3) is 0 Å². The molecule has 0 radical (unpaired) electrons. The van der Waals surface area contributed by atoms with Crippen LogP contribution in [-0.4, -0.2) is 30.1 Å². The van der Waals surface area contributed by atoms with E-state index in [1.54, 1.807) is 6.07 Å². The van der Waals surface area contributed by atoms with Gasteiger partial charge >= 0.3 is 0 Å². The smallest absolute Gasteiger partial charge is 0.139 e. The van der Waals surface area contributed by atoms with Gasteiger partial charge in [-0.15, -0.1) is 0 Å². The highest BCUT2D eigenvalue weighted by molar-refractivity contribution is 9.10. The first kappa shape index (κ1) is 15.8. The van der Waals surface area contributed by atoms with Crippen LogP contribution in [0.3, 0.4) is 0 Å². The highest BCUT2D eigenvalue weighted by atomic mass is 79.9. The van der Waals surface area contributed by atoms with Gasteiger partial charge in [-0.2, -0.15) is 0 Å². The van der Waals surface area contributed by atoms with E-state index in [2.05, 4.69) is 40.0 Å². The lowest BCUT2D eigenvalue weighted by Gasteiger charge is -2.24. The summed E-state index contributed by atoms with van der Waals surface area (Å²) in [7, 11) is 0. The molecule has 4 heteroatoms. The third-order valence-corrected chi connectivity index (χ3v) is 4.73. The zero-order valence-electron chi connectivity index (χ0n) is 12.5. The lowest BCUT2D eigenvalue weighted by Crippen LogP contribution is -2.32. The van der Waals surface area contributed by atoms with Crippen LogP contribution in [-0.2, 0) is 0 Å². The van der Waals surface area contributed by atoms with Crippen molar-refractivity contribution in [2.24, 2.45) is 0 Å². The summed E-state index contributed by atoms with van der Waals surface area (Å²) in [6, 6.07) is 4.50. The van der Waals surface area contributed by atoms with E-state index < -0.39 is 0 Å². The van der Waals surface area contributed by atoms with Gasteiger partial charge in [0.1, 0.15) is 5.82 Å². The van der Waals surface area contributed by atoms with E-state index in [0.29, 0.717) is 16.6 Å². The molecule has 1 unspecified atom stereocenters. The first-order valence-electron chi connectivity index (χ1n) is 7.43. The SMILES string of the molecule is Cc1cc(Br)c(F)cc1NC1CCCN(C(C)C)CC1. The van der Waals surface area contributed by atoms with Crippen LogP contribution in [0.5, 0.6) is 0 Å². The molecule has 1 aromatic carbocycles. The van der Waals surface area contributed by atoms with Gasteiger partial charge in [0.2, 0.25) is 0 Å². The maximum atomic E-state index is 13.7. The Kier molecular flexibility index (Phi) is 5.44. The second-order valence-corrected chi connectivity index (χ2v) is 6.84. The Bertz CT molecular complexity index is 462. The molecular weight excluding hydrogens is 319 g/mol. The maximum absolute atomic E-state index is 13.7. The molecule has 1 aliphatic heterocycles. The first-order chi connectivity index (χ1) is 9.47. The van der Waals surface area contributed by atoms with E-state index >= 15 is 0 Å². The average molecular weight is 343 g/mol. The van der Waals surface area contributed by atoms with E-state index in [9.17, 15) is 4.39 Å². The molecule has 1 heterocycles. The molecule has 0 aliphatic carbocycles. The van der Waals surface area contributed by atoms with Crippen molar-refractivity contribution in [1.29, 1.82) is 0 Å². The van der Waals surface area contributed by atoms with Crippen LogP contribution in [0.1, 0.15) is 38.7 Å². The van der Waals surface area contributed by atoms with Crippen LogP contribution in [0, 0.1) is 12.7 Å². The summed E-state index contributed by atoms with van der Waals surface area (Å²) in [6.45, 7) is 8.81. The Labute approximate surface area is 129 Å². The molecule has 1 N–H and O–H groups in total. The normalized spacial score (nSPS) is 21.0. The number of aryl methyl sites for hydroxylation is 1. The van der Waals surface area contributed by atoms with Crippen molar-refractivity contribution in [3.8, 4) is 0 Å². The van der Waals surface area contributed by atoms with Crippen LogP contribution in [0.2, 0.25) is 0 Å². The Morgan fingerprint density at radius 1 is 1.30 bits per heavy atom. The monoisotopic (exact) mass is 342 g/mol. The fourth-order valence-electron chi connectivity index (χ4n) is 2.80. The molecule has 1 saturated heterocycles. The van der Waals surface area contributed by atoms with Crippen LogP contribution < -0.4 is 5.32 Å². The van der Waals surface area contributed by atoms with E-state index in [1.807, 2.05) is 13.0 Å². The van der Waals surface area contributed by atoms with Crippen molar-refractivity contribution in [2.45, 2.75) is 52.1 Å². The molecule has 2 nitrogen and oxygen atoms in total. The Morgan fingerprint density at radius 3 is 2.75 bits per heavy atom. The number of nitrogens with zero attached hydrogens (tertiary/aromatic N) is 1. The van der Waals surface area contributed by atoms with Gasteiger partial charge < -0.3 is 10.2 Å². The minimum absolute atomic E-state index is 0.199. The van der Waals surface area contributed by atoms with Gasteiger partial charge in [-0.1, -0.05) is 0 Å². The Morgan fingerprint density at radius 2 is 2.05 bits per heavy atom. The molecule has 1 aromatic rings. The number of rotatable bonds is 3. The number of likely N-dealkylation sites (tertiary alicyclic amines) is 1. The molecule has 112 valence electrons. The molecule has 0 bridgehead atoms. The molecule has 20 heavy (non-hydrogen) atoms. The zero-order valence-corrected chi connectivity index (χ0v) is 14.1. The second kappa shape index (κ2) is 6.90. The van der Waals surface area contributed by atoms with E-state index in [0.717, 1.165) is 30.6 Å². The number of anilines is 1. The van der Waals surface area contributed by atoms with Crippen molar-refractivity contribution >= 4 is 21.6 Å². The standard InChI is InChI=1S/C16H24BrFN2/c1-11(2)20-7-4-5-13(6-8-20)19-16-10-15(18)14(17)9-12(16)3/h9-11,13,19H,4-8H2,1-3H3. The minimum Gasteiger partial charge on any atom is -0.382 e. The van der Waals surface area contributed by atoms with Gasteiger partial charge in [-0.3, -0.25) is 0 Å². The largest absolute Gasteiger partial charge is 0.382 e. The van der Waals surface area contributed by atoms with Gasteiger partial charge in [0.25, 0.3) is 0 Å². The molecular formula is C16H24BrFN2. The van der Waals surface area contributed by atoms with Crippen LogP contribution in [0.4, 0.5) is 10.1 Å². The van der Waals surface area contributed by atoms with Gasteiger partial charge in [0.05, 0.1) is 4.47 Å². The minimum atomic E-state index is -0.199. The predicted molar refractivity (Wildman–Crippen MR) is 86.8 cm³/mol. The fourth-order valence-corrected chi connectivity index (χ4v) is 3.26. The summed E-state index contributed by atoms with van der Waals surface area (Å²) in [5.74, 6) is -0.199. The van der Waals surface area contributed by atoms with E-state index in [1.165, 1.54) is 13.0 Å². The van der Waals surface area contributed by atoms with Crippen LogP contribution >= 0.6 is 15.9 Å². The average Bonchev–Trinajstić information content (AvgIpc) is 2.61. The quantitative estimate of drug-likeness (QED) is 0.865. The summed E-state index contributed by atoms with van der Waals surface area (Å²) in [5, 5.41) is 3.53. The maximum Gasteiger partial charge on any atom is 0.139 e. The molecule has 0 amide bonds. The molecule has 1 fully saturated rings. The zero-order chi connectivity index (χ0) is 14.7. The molecule has 1 atom stereocenters. The molecule has 1 aliphatic rings. The summed E-state index contributed by atoms with van der Waals surface area (Å²) in [5.41, 5.74) is 2.01. The highest BCUT2D eigenvalue weighted by Gasteiger charge is 2.19. The Hall–Kier alpha value is -0.610. The van der Waals surface area contributed by atoms with Gasteiger partial charge in [0, 0.05) is 24.3 Å². The lowest BCUT2D eigenvalue weighted by atomic mass is 10.1. The summed E-state index contributed by atoms with van der Waals surface area (Å²) < 4.78 is 14.2. The number of benzene rings is 1. The fraction of sp³-hybridized carbons (Fsp3) is 0.625. The highest BCUT2D eigenvalue weighted by Crippen LogP contribution is 2.26. The van der Waals surface area contributed by atoms with E-state index in [-0.39, 0.29) is 5.82 Å². The van der Waals surface area contributed by atoms with Gasteiger partial charge in [-0.25, -0.2) is 4.39 Å². The van der Waals surface area contributed by atoms with Crippen molar-refractivity contribution in [3.05, 3.63) is 28.0 Å². The summed E-state index contributed by atoms with van der Waals surface area (Å²) in [4.78, 5) is 2.52. The van der Waals surface area contributed by atoms with Crippen molar-refractivity contribution < 1.29 is 4.39 Å². The number of hydrogen-bond donors (Lipinski definition) is 1. The first-order valence-corrected chi connectivity index (χ1v) is 8.23. The Balaban J connectivity index is 2.02. The topological polar surface area (TPSA) is 15.3 Å². The van der Waals surface area contributed by atoms with Crippen LogP contribution in [0.15, 0.2) is 16.6 Å². The molecule has 0 saturated carbocycles. The number of halogens is 2. The number of hydrogen-bond acceptors (Lipinski definition) is 2. The van der Waals surface area contributed by atoms with Crippen molar-refractivity contribution in [1.82, 2.24) is 4.90 Å². The van der Waals surface area contributed by atoms with Crippen molar-refractivity contribution in [2.75, 3.05) is 18.4 Å². The third-order valence-electron chi connectivity index (χ3n) is 4.12. The van der Waals surface area contributed by atoms with Gasteiger partial charge in [-0.05, 0) is 80.2 Å².